The van der Waals surface area contributed by atoms with Crippen LogP contribution in [0.25, 0.3) is 0 Å². The Morgan fingerprint density at radius 3 is 1.53 bits per heavy atom. The molecule has 180 valence electrons. The molecule has 0 bridgehead atoms. The van der Waals surface area contributed by atoms with E-state index in [4.69, 9.17) is 4.74 Å². The quantitative estimate of drug-likeness (QED) is 0.261. The maximum Gasteiger partial charge on any atom is 0.410 e. The minimum absolute atomic E-state index is 0. The van der Waals surface area contributed by atoms with Gasteiger partial charge in [0.2, 0.25) is 0 Å². The van der Waals surface area contributed by atoms with Crippen LogP contribution in [0.4, 0.5) is 4.79 Å². The number of benzene rings is 3. The van der Waals surface area contributed by atoms with Crippen LogP contribution >= 0.6 is 31.2 Å². The van der Waals surface area contributed by atoms with E-state index >= 15 is 0 Å². The highest BCUT2D eigenvalue weighted by atomic mass is 127. The largest absolute Gasteiger partial charge is 0.444 e. The summed E-state index contributed by atoms with van der Waals surface area (Å²) in [5.41, 5.74) is -0.456. The van der Waals surface area contributed by atoms with E-state index in [1.54, 1.807) is 0 Å². The fraction of sp³-hybridized carbons (Fsp3) is 0.345. The van der Waals surface area contributed by atoms with Gasteiger partial charge in [-0.1, -0.05) is 54.6 Å². The van der Waals surface area contributed by atoms with Crippen molar-refractivity contribution in [1.82, 2.24) is 4.90 Å². The van der Waals surface area contributed by atoms with Gasteiger partial charge in [0.15, 0.2) is 0 Å². The first-order valence-electron chi connectivity index (χ1n) is 11.9. The zero-order valence-electron chi connectivity index (χ0n) is 20.4. The number of rotatable bonds is 5. The van der Waals surface area contributed by atoms with Gasteiger partial charge in [-0.05, 0) is 75.9 Å². The molecule has 1 heterocycles. The summed E-state index contributed by atoms with van der Waals surface area (Å²) in [6, 6.07) is 33.2. The molecule has 3 aromatic rings. The van der Waals surface area contributed by atoms with E-state index in [0.29, 0.717) is 5.92 Å². The first kappa shape index (κ1) is 26.7. The Labute approximate surface area is 222 Å². The lowest BCUT2D eigenvalue weighted by molar-refractivity contribution is 0.0191. The van der Waals surface area contributed by atoms with Crippen LogP contribution in [-0.2, 0) is 4.74 Å². The van der Waals surface area contributed by atoms with Crippen molar-refractivity contribution in [3.63, 3.8) is 0 Å². The standard InChI is InChI=1S/C29H35NO2P.HI/c1-29(2,3)32-28(31)30-21-19-24(20-22-30)23-33(25-13-7-4-8-14-25,26-15-9-5-10-16-26)27-17-11-6-12-18-27;/h4-18,24H,19-23H2,1-3H3;1H/q+1;. The summed E-state index contributed by atoms with van der Waals surface area (Å²) < 4.78 is 5.62. The summed E-state index contributed by atoms with van der Waals surface area (Å²) in [6.07, 6.45) is 2.95. The predicted molar refractivity (Wildman–Crippen MR) is 156 cm³/mol. The van der Waals surface area contributed by atoms with Crippen molar-refractivity contribution in [2.75, 3.05) is 19.3 Å². The second kappa shape index (κ2) is 11.7. The average molecular weight is 588 g/mol. The van der Waals surface area contributed by atoms with E-state index in [1.165, 1.54) is 15.9 Å². The molecule has 0 aromatic heterocycles. The van der Waals surface area contributed by atoms with Gasteiger partial charge in [-0.3, -0.25) is 0 Å². The van der Waals surface area contributed by atoms with Gasteiger partial charge in [0.1, 0.15) is 28.8 Å². The predicted octanol–water partition coefficient (Wildman–Crippen LogP) is 6.25. The Balaban J connectivity index is 0.00000324. The molecule has 0 spiro atoms. The third-order valence-electron chi connectivity index (χ3n) is 6.39. The lowest BCUT2D eigenvalue weighted by Crippen LogP contribution is -2.43. The smallest absolute Gasteiger partial charge is 0.410 e. The number of halogens is 1. The third-order valence-corrected chi connectivity index (χ3v) is 11.0. The molecule has 0 radical (unpaired) electrons. The van der Waals surface area contributed by atoms with Crippen molar-refractivity contribution in [1.29, 1.82) is 0 Å². The van der Waals surface area contributed by atoms with Gasteiger partial charge in [0, 0.05) is 13.1 Å². The summed E-state index contributed by atoms with van der Waals surface area (Å²) in [6.45, 7) is 7.30. The Kier molecular flexibility index (Phi) is 9.17. The van der Waals surface area contributed by atoms with Gasteiger partial charge < -0.3 is 9.64 Å². The molecule has 0 N–H and O–H groups in total. The molecule has 0 unspecified atom stereocenters. The molecule has 4 rings (SSSR count). The molecule has 0 saturated carbocycles. The molecule has 34 heavy (non-hydrogen) atoms. The van der Waals surface area contributed by atoms with Crippen molar-refractivity contribution in [3.05, 3.63) is 91.0 Å². The van der Waals surface area contributed by atoms with Gasteiger partial charge in [-0.25, -0.2) is 4.79 Å². The molecule has 0 atom stereocenters. The number of piperidine rings is 1. The van der Waals surface area contributed by atoms with Crippen molar-refractivity contribution in [2.24, 2.45) is 5.92 Å². The van der Waals surface area contributed by atoms with Crippen molar-refractivity contribution in [2.45, 2.75) is 39.2 Å². The van der Waals surface area contributed by atoms with Crippen LogP contribution in [0.1, 0.15) is 33.6 Å². The lowest BCUT2D eigenvalue weighted by atomic mass is 9.99. The second-order valence-corrected chi connectivity index (χ2v) is 13.4. The first-order valence-corrected chi connectivity index (χ1v) is 13.9. The minimum atomic E-state index is -1.83. The van der Waals surface area contributed by atoms with Crippen LogP contribution in [-0.4, -0.2) is 35.8 Å². The molecule has 1 aliphatic rings. The van der Waals surface area contributed by atoms with Gasteiger partial charge in [-0.2, -0.15) is 0 Å². The summed E-state index contributed by atoms with van der Waals surface area (Å²) >= 11 is 0. The van der Waals surface area contributed by atoms with Crippen LogP contribution in [0.15, 0.2) is 91.0 Å². The number of amides is 1. The summed E-state index contributed by atoms with van der Waals surface area (Å²) in [4.78, 5) is 14.5. The van der Waals surface area contributed by atoms with Crippen molar-refractivity contribution >= 4 is 53.2 Å². The Hall–Kier alpha value is -1.91. The third kappa shape index (κ3) is 6.20. The van der Waals surface area contributed by atoms with Gasteiger partial charge in [-0.15, -0.1) is 24.0 Å². The number of ether oxygens (including phenoxy) is 1. The number of hydrogen-bond donors (Lipinski definition) is 0. The highest BCUT2D eigenvalue weighted by Crippen LogP contribution is 2.57. The molecule has 3 aromatic carbocycles. The Morgan fingerprint density at radius 2 is 1.18 bits per heavy atom. The summed E-state index contributed by atoms with van der Waals surface area (Å²) in [7, 11) is -1.83. The number of carbonyl (C=O) groups is 1. The van der Waals surface area contributed by atoms with E-state index in [1.807, 2.05) is 25.7 Å². The van der Waals surface area contributed by atoms with Crippen LogP contribution in [0.3, 0.4) is 0 Å². The van der Waals surface area contributed by atoms with Gasteiger partial charge in [0.25, 0.3) is 0 Å². The molecule has 1 aliphatic heterocycles. The number of hydrogen-bond acceptors (Lipinski definition) is 2. The van der Waals surface area contributed by atoms with Crippen LogP contribution in [0.5, 0.6) is 0 Å². The highest BCUT2D eigenvalue weighted by Gasteiger charge is 2.47. The molecule has 0 aliphatic carbocycles. The van der Waals surface area contributed by atoms with Gasteiger partial charge >= 0.3 is 6.09 Å². The van der Waals surface area contributed by atoms with Crippen LogP contribution in [0, 0.1) is 5.92 Å². The molecule has 3 nitrogen and oxygen atoms in total. The lowest BCUT2D eigenvalue weighted by Gasteiger charge is -2.36. The maximum atomic E-state index is 12.6. The maximum absolute atomic E-state index is 12.6. The van der Waals surface area contributed by atoms with Crippen LogP contribution < -0.4 is 15.9 Å². The van der Waals surface area contributed by atoms with Crippen molar-refractivity contribution in [3.8, 4) is 0 Å². The highest BCUT2D eigenvalue weighted by molar-refractivity contribution is 14.0. The zero-order chi connectivity index (χ0) is 23.3. The average Bonchev–Trinajstić information content (AvgIpc) is 2.83. The first-order chi connectivity index (χ1) is 15.9. The number of carbonyl (C=O) groups excluding carboxylic acids is 1. The van der Waals surface area contributed by atoms with Crippen LogP contribution in [0.2, 0.25) is 0 Å². The Morgan fingerprint density at radius 1 is 0.794 bits per heavy atom. The molecule has 1 fully saturated rings. The fourth-order valence-corrected chi connectivity index (χ4v) is 9.53. The second-order valence-electron chi connectivity index (χ2n) is 9.91. The number of likely N-dealkylation sites (tertiary alicyclic amines) is 1. The molecule has 1 saturated heterocycles. The van der Waals surface area contributed by atoms with E-state index < -0.39 is 12.9 Å². The van der Waals surface area contributed by atoms with Gasteiger partial charge in [0.05, 0.1) is 6.16 Å². The molecular weight excluding hydrogens is 552 g/mol. The van der Waals surface area contributed by atoms with E-state index in [2.05, 4.69) is 91.0 Å². The van der Waals surface area contributed by atoms with E-state index in [-0.39, 0.29) is 30.1 Å². The minimum Gasteiger partial charge on any atom is -0.444 e. The molecular formula is C29H36INO2P+. The monoisotopic (exact) mass is 588 g/mol. The Bertz CT molecular complexity index is 933. The molecule has 1 amide bonds. The topological polar surface area (TPSA) is 29.5 Å². The van der Waals surface area contributed by atoms with Crippen molar-refractivity contribution < 1.29 is 9.53 Å². The summed E-state index contributed by atoms with van der Waals surface area (Å²) in [5.74, 6) is 0.553. The fourth-order valence-electron chi connectivity index (χ4n) is 4.82. The molecule has 5 heteroatoms. The number of nitrogens with zero attached hydrogens (tertiary/aromatic N) is 1. The van der Waals surface area contributed by atoms with E-state index in [9.17, 15) is 4.79 Å². The zero-order valence-corrected chi connectivity index (χ0v) is 23.6. The summed E-state index contributed by atoms with van der Waals surface area (Å²) in [5, 5.41) is 4.28. The normalized spacial score (nSPS) is 14.9. The van der Waals surface area contributed by atoms with E-state index in [0.717, 1.165) is 32.1 Å². The SMILES string of the molecule is CC(C)(C)OC(=O)N1CCC(C[P+](c2ccccc2)(c2ccccc2)c2ccccc2)CC1.I.